The molecule has 2 aromatic rings. The lowest BCUT2D eigenvalue weighted by Crippen LogP contribution is -2.29. The molecule has 0 saturated carbocycles. The third-order valence-corrected chi connectivity index (χ3v) is 5.07. The minimum atomic E-state index is -0.177. The third-order valence-electron chi connectivity index (χ3n) is 4.18. The van der Waals surface area contributed by atoms with Crippen molar-refractivity contribution < 1.29 is 4.39 Å². The minimum absolute atomic E-state index is 0.106. The van der Waals surface area contributed by atoms with E-state index in [4.69, 9.17) is 0 Å². The molecule has 0 unspecified atom stereocenters. The Morgan fingerprint density at radius 2 is 2.24 bits per heavy atom. The van der Waals surface area contributed by atoms with Gasteiger partial charge in [0.05, 0.1) is 0 Å². The van der Waals surface area contributed by atoms with E-state index in [-0.39, 0.29) is 16.7 Å². The van der Waals surface area contributed by atoms with Crippen LogP contribution in [0.2, 0.25) is 0 Å². The van der Waals surface area contributed by atoms with E-state index >= 15 is 0 Å². The highest BCUT2D eigenvalue weighted by atomic mass is 32.1. The Bertz CT molecular complexity index is 679. The molecule has 0 radical (unpaired) electrons. The molecule has 1 fully saturated rings. The Kier molecular flexibility index (Phi) is 4.22. The van der Waals surface area contributed by atoms with Gasteiger partial charge in [-0.2, -0.15) is 0 Å². The molecule has 1 saturated heterocycles. The first kappa shape index (κ1) is 14.5. The number of benzene rings is 1. The summed E-state index contributed by atoms with van der Waals surface area (Å²) < 4.78 is 15.2. The summed E-state index contributed by atoms with van der Waals surface area (Å²) in [6.07, 6.45) is 2.18. The van der Waals surface area contributed by atoms with Gasteiger partial charge in [0.15, 0.2) is 0 Å². The van der Waals surface area contributed by atoms with Gasteiger partial charge in [0, 0.05) is 30.2 Å². The fraction of sp³-hybridized carbons (Fsp3) is 0.438. The van der Waals surface area contributed by atoms with Crippen molar-refractivity contribution in [3.05, 3.63) is 56.4 Å². The quantitative estimate of drug-likeness (QED) is 0.867. The number of nitrogens with zero attached hydrogens (tertiary/aromatic N) is 2. The van der Waals surface area contributed by atoms with Crippen molar-refractivity contribution in [2.45, 2.75) is 32.4 Å². The Labute approximate surface area is 127 Å². The Morgan fingerprint density at radius 3 is 2.95 bits per heavy atom. The second-order valence-electron chi connectivity index (χ2n) is 5.54. The molecule has 0 aliphatic carbocycles. The topological polar surface area (TPSA) is 25.2 Å². The molecule has 0 spiro atoms. The number of halogens is 1. The SMILES string of the molecule is Cc1csc(=O)n1CCN1CCC[C@@H]1c1cccc(F)c1. The Morgan fingerprint density at radius 1 is 1.38 bits per heavy atom. The van der Waals surface area contributed by atoms with Crippen LogP contribution in [0.15, 0.2) is 34.4 Å². The lowest BCUT2D eigenvalue weighted by Gasteiger charge is -2.25. The first-order valence-corrected chi connectivity index (χ1v) is 8.17. The number of likely N-dealkylation sites (tertiary alicyclic amines) is 1. The van der Waals surface area contributed by atoms with Gasteiger partial charge in [-0.1, -0.05) is 23.5 Å². The normalized spacial score (nSPS) is 19.2. The van der Waals surface area contributed by atoms with Crippen LogP contribution >= 0.6 is 11.3 Å². The molecule has 2 heterocycles. The molecule has 0 N–H and O–H groups in total. The van der Waals surface area contributed by atoms with E-state index in [9.17, 15) is 9.18 Å². The van der Waals surface area contributed by atoms with Gasteiger partial charge in [0.25, 0.3) is 0 Å². The van der Waals surface area contributed by atoms with E-state index in [0.29, 0.717) is 6.54 Å². The fourth-order valence-electron chi connectivity index (χ4n) is 3.09. The molecule has 1 aromatic carbocycles. The van der Waals surface area contributed by atoms with E-state index in [0.717, 1.165) is 37.2 Å². The molecule has 0 amide bonds. The maximum atomic E-state index is 13.4. The summed E-state index contributed by atoms with van der Waals surface area (Å²) in [4.78, 5) is 14.2. The molecular formula is C16H19FN2OS. The van der Waals surface area contributed by atoms with E-state index in [1.54, 1.807) is 12.1 Å². The van der Waals surface area contributed by atoms with Crippen LogP contribution in [0.4, 0.5) is 4.39 Å². The Balaban J connectivity index is 1.72. The molecule has 3 rings (SSSR count). The van der Waals surface area contributed by atoms with Crippen LogP contribution in [0.25, 0.3) is 0 Å². The van der Waals surface area contributed by atoms with Gasteiger partial charge >= 0.3 is 4.87 Å². The van der Waals surface area contributed by atoms with Crippen LogP contribution in [0.1, 0.15) is 30.1 Å². The van der Waals surface area contributed by atoms with Crippen molar-refractivity contribution in [3.63, 3.8) is 0 Å². The number of aryl methyl sites for hydroxylation is 1. The Hall–Kier alpha value is -1.46. The van der Waals surface area contributed by atoms with Gasteiger partial charge in [-0.25, -0.2) is 4.39 Å². The zero-order chi connectivity index (χ0) is 14.8. The molecule has 1 aliphatic rings. The van der Waals surface area contributed by atoms with Crippen molar-refractivity contribution in [1.82, 2.24) is 9.47 Å². The smallest absolute Gasteiger partial charge is 0.302 e. The van der Waals surface area contributed by atoms with Gasteiger partial charge in [-0.15, -0.1) is 0 Å². The van der Waals surface area contributed by atoms with Crippen molar-refractivity contribution in [2.75, 3.05) is 13.1 Å². The summed E-state index contributed by atoms with van der Waals surface area (Å²) in [5.41, 5.74) is 2.06. The van der Waals surface area contributed by atoms with Crippen molar-refractivity contribution in [2.24, 2.45) is 0 Å². The van der Waals surface area contributed by atoms with Crippen LogP contribution in [-0.2, 0) is 6.54 Å². The number of rotatable bonds is 4. The summed E-state index contributed by atoms with van der Waals surface area (Å²) in [6.45, 7) is 4.52. The molecule has 5 heteroatoms. The number of aromatic nitrogens is 1. The second-order valence-corrected chi connectivity index (χ2v) is 6.36. The lowest BCUT2D eigenvalue weighted by atomic mass is 10.0. The summed E-state index contributed by atoms with van der Waals surface area (Å²) >= 11 is 1.25. The monoisotopic (exact) mass is 306 g/mol. The van der Waals surface area contributed by atoms with Crippen LogP contribution in [-0.4, -0.2) is 22.6 Å². The van der Waals surface area contributed by atoms with E-state index in [1.807, 2.05) is 22.9 Å². The average Bonchev–Trinajstić information content (AvgIpc) is 3.05. The summed E-state index contributed by atoms with van der Waals surface area (Å²) in [5, 5.41) is 1.90. The number of thiazole rings is 1. The molecular weight excluding hydrogens is 287 g/mol. The maximum Gasteiger partial charge on any atom is 0.307 e. The first-order valence-electron chi connectivity index (χ1n) is 7.29. The highest BCUT2D eigenvalue weighted by Gasteiger charge is 2.26. The molecule has 0 bridgehead atoms. The third kappa shape index (κ3) is 3.09. The zero-order valence-electron chi connectivity index (χ0n) is 12.1. The predicted octanol–water partition coefficient (Wildman–Crippen LogP) is 3.19. The summed E-state index contributed by atoms with van der Waals surface area (Å²) in [5.74, 6) is -0.177. The summed E-state index contributed by atoms with van der Waals surface area (Å²) in [7, 11) is 0. The van der Waals surface area contributed by atoms with Crippen molar-refractivity contribution in [3.8, 4) is 0 Å². The molecule has 21 heavy (non-hydrogen) atoms. The maximum absolute atomic E-state index is 13.4. The lowest BCUT2D eigenvalue weighted by molar-refractivity contribution is 0.245. The van der Waals surface area contributed by atoms with E-state index < -0.39 is 0 Å². The molecule has 112 valence electrons. The van der Waals surface area contributed by atoms with Crippen molar-refractivity contribution in [1.29, 1.82) is 0 Å². The van der Waals surface area contributed by atoms with Crippen LogP contribution in [0, 0.1) is 12.7 Å². The molecule has 1 aliphatic heterocycles. The van der Waals surface area contributed by atoms with Crippen LogP contribution in [0.5, 0.6) is 0 Å². The highest BCUT2D eigenvalue weighted by molar-refractivity contribution is 7.07. The zero-order valence-corrected chi connectivity index (χ0v) is 12.9. The molecule has 1 aromatic heterocycles. The van der Waals surface area contributed by atoms with Gasteiger partial charge in [-0.05, 0) is 44.0 Å². The second kappa shape index (κ2) is 6.12. The molecule has 3 nitrogen and oxygen atoms in total. The van der Waals surface area contributed by atoms with E-state index in [1.165, 1.54) is 17.4 Å². The summed E-state index contributed by atoms with van der Waals surface area (Å²) in [6, 6.07) is 7.15. The van der Waals surface area contributed by atoms with Gasteiger partial charge in [0.2, 0.25) is 0 Å². The first-order chi connectivity index (χ1) is 10.1. The van der Waals surface area contributed by atoms with Crippen LogP contribution < -0.4 is 4.87 Å². The van der Waals surface area contributed by atoms with Crippen molar-refractivity contribution >= 4 is 11.3 Å². The minimum Gasteiger partial charge on any atom is -0.302 e. The molecule has 1 atom stereocenters. The standard InChI is InChI=1S/C16H19FN2OS/c1-12-11-21-16(20)19(12)9-8-18-7-3-6-15(18)13-4-2-5-14(17)10-13/h2,4-5,10-11,15H,3,6-9H2,1H3/t15-/m1/s1. The average molecular weight is 306 g/mol. The van der Waals surface area contributed by atoms with Gasteiger partial charge in [0.1, 0.15) is 5.82 Å². The largest absolute Gasteiger partial charge is 0.307 e. The predicted molar refractivity (Wildman–Crippen MR) is 83.3 cm³/mol. The highest BCUT2D eigenvalue weighted by Crippen LogP contribution is 2.31. The van der Waals surface area contributed by atoms with Gasteiger partial charge in [-0.3, -0.25) is 9.69 Å². The number of hydrogen-bond donors (Lipinski definition) is 0. The van der Waals surface area contributed by atoms with Crippen LogP contribution in [0.3, 0.4) is 0 Å². The fourth-order valence-corrected chi connectivity index (χ4v) is 3.85. The number of hydrogen-bond acceptors (Lipinski definition) is 3. The van der Waals surface area contributed by atoms with E-state index in [2.05, 4.69) is 4.90 Å². The van der Waals surface area contributed by atoms with Gasteiger partial charge < -0.3 is 4.57 Å².